The summed E-state index contributed by atoms with van der Waals surface area (Å²) in [6, 6.07) is 6.47. The van der Waals surface area contributed by atoms with Crippen molar-refractivity contribution < 1.29 is 14.2 Å². The van der Waals surface area contributed by atoms with Crippen molar-refractivity contribution in [2.24, 2.45) is 0 Å². The smallest absolute Gasteiger partial charge is 0.124 e. The van der Waals surface area contributed by atoms with Crippen molar-refractivity contribution in [3.8, 4) is 5.75 Å². The molecular weight excluding hydrogens is 254 g/mol. The van der Waals surface area contributed by atoms with Gasteiger partial charge in [0.15, 0.2) is 0 Å². The van der Waals surface area contributed by atoms with Gasteiger partial charge in [-0.25, -0.2) is 0 Å². The molecule has 1 N–H and O–H groups in total. The number of rotatable bonds is 10. The highest BCUT2D eigenvalue weighted by atomic mass is 16.5. The fourth-order valence-corrected chi connectivity index (χ4v) is 2.01. The maximum absolute atomic E-state index is 5.33. The molecule has 0 bridgehead atoms. The lowest BCUT2D eigenvalue weighted by molar-refractivity contribution is 0.181. The molecule has 0 aromatic heterocycles. The second kappa shape index (κ2) is 9.39. The zero-order valence-corrected chi connectivity index (χ0v) is 12.6. The molecule has 0 aliphatic heterocycles. The zero-order valence-electron chi connectivity index (χ0n) is 12.6. The van der Waals surface area contributed by atoms with Crippen LogP contribution < -0.4 is 10.1 Å². The van der Waals surface area contributed by atoms with Crippen LogP contribution in [0.3, 0.4) is 0 Å². The quantitative estimate of drug-likeness (QED) is 0.528. The Balaban J connectivity index is 2.56. The molecule has 0 saturated carbocycles. The van der Waals surface area contributed by atoms with Gasteiger partial charge in [0.1, 0.15) is 5.75 Å². The van der Waals surface area contributed by atoms with Crippen LogP contribution in [0.2, 0.25) is 0 Å². The molecule has 4 nitrogen and oxygen atoms in total. The lowest BCUT2D eigenvalue weighted by atomic mass is 10.0. The summed E-state index contributed by atoms with van der Waals surface area (Å²) in [7, 11) is 3.36. The molecule has 0 amide bonds. The molecule has 1 atom stereocenters. The Kier molecular flexibility index (Phi) is 7.77. The standard InChI is InChI=1S/C16H25NO3/c1-5-20-10-6-9-17-13(2)14-7-8-16(19-4)15(11-14)12-18-3/h5,7-8,11,13,17H,1,6,9-10,12H2,2-4H3. The van der Waals surface area contributed by atoms with Crippen molar-refractivity contribution in [2.45, 2.75) is 26.0 Å². The first kappa shape index (κ1) is 16.5. The second-order valence-corrected chi connectivity index (χ2v) is 4.57. The van der Waals surface area contributed by atoms with Gasteiger partial charge >= 0.3 is 0 Å². The number of methoxy groups -OCH3 is 2. The summed E-state index contributed by atoms with van der Waals surface area (Å²) < 4.78 is 15.6. The highest BCUT2D eigenvalue weighted by molar-refractivity contribution is 5.38. The molecule has 0 heterocycles. The molecule has 0 aliphatic carbocycles. The van der Waals surface area contributed by atoms with E-state index in [-0.39, 0.29) is 6.04 Å². The van der Waals surface area contributed by atoms with Crippen molar-refractivity contribution in [3.05, 3.63) is 42.2 Å². The van der Waals surface area contributed by atoms with Crippen LogP contribution in [0.25, 0.3) is 0 Å². The van der Waals surface area contributed by atoms with Gasteiger partial charge in [0.25, 0.3) is 0 Å². The van der Waals surface area contributed by atoms with Crippen LogP contribution in [0.5, 0.6) is 5.75 Å². The highest BCUT2D eigenvalue weighted by Crippen LogP contribution is 2.23. The predicted octanol–water partition coefficient (Wildman–Crippen LogP) is 3.04. The van der Waals surface area contributed by atoms with Crippen LogP contribution in [-0.4, -0.2) is 27.4 Å². The number of hydrogen-bond acceptors (Lipinski definition) is 4. The van der Waals surface area contributed by atoms with E-state index in [9.17, 15) is 0 Å². The molecule has 0 radical (unpaired) electrons. The highest BCUT2D eigenvalue weighted by Gasteiger charge is 2.09. The van der Waals surface area contributed by atoms with Gasteiger partial charge in [-0.3, -0.25) is 0 Å². The van der Waals surface area contributed by atoms with Crippen molar-refractivity contribution >= 4 is 0 Å². The number of hydrogen-bond donors (Lipinski definition) is 1. The number of ether oxygens (including phenoxy) is 3. The third-order valence-corrected chi connectivity index (χ3v) is 3.11. The van der Waals surface area contributed by atoms with Gasteiger partial charge < -0.3 is 19.5 Å². The SMILES string of the molecule is C=COCCCNC(C)c1ccc(OC)c(COC)c1. The minimum Gasteiger partial charge on any atom is -0.502 e. The average molecular weight is 279 g/mol. The van der Waals surface area contributed by atoms with Crippen LogP contribution >= 0.6 is 0 Å². The molecule has 0 saturated heterocycles. The van der Waals surface area contributed by atoms with Crippen LogP contribution in [0.1, 0.15) is 30.5 Å². The van der Waals surface area contributed by atoms with E-state index in [1.165, 1.54) is 11.8 Å². The van der Waals surface area contributed by atoms with E-state index in [4.69, 9.17) is 14.2 Å². The molecule has 4 heteroatoms. The van der Waals surface area contributed by atoms with Gasteiger partial charge in [-0.15, -0.1) is 0 Å². The molecule has 1 rings (SSSR count). The van der Waals surface area contributed by atoms with E-state index >= 15 is 0 Å². The van der Waals surface area contributed by atoms with Gasteiger partial charge in [0, 0.05) is 18.7 Å². The summed E-state index contributed by atoms with van der Waals surface area (Å²) in [5.41, 5.74) is 2.29. The summed E-state index contributed by atoms with van der Waals surface area (Å²) >= 11 is 0. The van der Waals surface area contributed by atoms with E-state index in [1.54, 1.807) is 14.2 Å². The molecule has 1 aromatic carbocycles. The summed E-state index contributed by atoms with van der Waals surface area (Å²) in [6.07, 6.45) is 2.43. The topological polar surface area (TPSA) is 39.7 Å². The van der Waals surface area contributed by atoms with Gasteiger partial charge in [-0.2, -0.15) is 0 Å². The van der Waals surface area contributed by atoms with Crippen molar-refractivity contribution in [3.63, 3.8) is 0 Å². The van der Waals surface area contributed by atoms with E-state index in [0.717, 1.165) is 24.3 Å². The van der Waals surface area contributed by atoms with Gasteiger partial charge in [0.2, 0.25) is 0 Å². The first-order valence-electron chi connectivity index (χ1n) is 6.84. The first-order chi connectivity index (χ1) is 9.72. The lowest BCUT2D eigenvalue weighted by Crippen LogP contribution is -2.21. The van der Waals surface area contributed by atoms with Gasteiger partial charge in [-0.1, -0.05) is 12.6 Å². The monoisotopic (exact) mass is 279 g/mol. The zero-order chi connectivity index (χ0) is 14.8. The lowest BCUT2D eigenvalue weighted by Gasteiger charge is -2.17. The van der Waals surface area contributed by atoms with Gasteiger partial charge in [0.05, 0.1) is 26.6 Å². The molecule has 1 unspecified atom stereocenters. The van der Waals surface area contributed by atoms with Crippen molar-refractivity contribution in [1.29, 1.82) is 0 Å². The molecule has 0 aliphatic rings. The third-order valence-electron chi connectivity index (χ3n) is 3.11. The Morgan fingerprint density at radius 2 is 2.15 bits per heavy atom. The predicted molar refractivity (Wildman–Crippen MR) is 80.9 cm³/mol. The molecule has 0 spiro atoms. The minimum atomic E-state index is 0.278. The summed E-state index contributed by atoms with van der Waals surface area (Å²) in [5.74, 6) is 0.863. The normalized spacial score (nSPS) is 11.9. The van der Waals surface area contributed by atoms with E-state index in [0.29, 0.717) is 13.2 Å². The van der Waals surface area contributed by atoms with E-state index in [2.05, 4.69) is 31.0 Å². The first-order valence-corrected chi connectivity index (χ1v) is 6.84. The van der Waals surface area contributed by atoms with Crippen molar-refractivity contribution in [1.82, 2.24) is 5.32 Å². The molecule has 20 heavy (non-hydrogen) atoms. The fourth-order valence-electron chi connectivity index (χ4n) is 2.01. The minimum absolute atomic E-state index is 0.278. The Hall–Kier alpha value is -1.52. The van der Waals surface area contributed by atoms with E-state index in [1.807, 2.05) is 6.07 Å². The van der Waals surface area contributed by atoms with Crippen LogP contribution in [0, 0.1) is 0 Å². The maximum Gasteiger partial charge on any atom is 0.124 e. The summed E-state index contributed by atoms with van der Waals surface area (Å²) in [6.45, 7) is 7.81. The Morgan fingerprint density at radius 1 is 1.35 bits per heavy atom. The molecule has 112 valence electrons. The Morgan fingerprint density at radius 3 is 2.80 bits per heavy atom. The third kappa shape index (κ3) is 5.23. The molecule has 0 fully saturated rings. The summed E-state index contributed by atoms with van der Waals surface area (Å²) in [4.78, 5) is 0. The largest absolute Gasteiger partial charge is 0.502 e. The number of benzene rings is 1. The average Bonchev–Trinajstić information content (AvgIpc) is 2.47. The van der Waals surface area contributed by atoms with Crippen LogP contribution in [-0.2, 0) is 16.1 Å². The van der Waals surface area contributed by atoms with Crippen LogP contribution in [0.4, 0.5) is 0 Å². The second-order valence-electron chi connectivity index (χ2n) is 4.57. The maximum atomic E-state index is 5.33. The Labute approximate surface area is 121 Å². The fraction of sp³-hybridized carbons (Fsp3) is 0.500. The van der Waals surface area contributed by atoms with Gasteiger partial charge in [-0.05, 0) is 37.6 Å². The number of nitrogens with one attached hydrogen (secondary N) is 1. The molecule has 1 aromatic rings. The van der Waals surface area contributed by atoms with E-state index < -0.39 is 0 Å². The molecular formula is C16H25NO3. The Bertz CT molecular complexity index is 407. The summed E-state index contributed by atoms with van der Waals surface area (Å²) in [5, 5.41) is 3.47. The van der Waals surface area contributed by atoms with Crippen LogP contribution in [0.15, 0.2) is 31.0 Å². The van der Waals surface area contributed by atoms with Crippen molar-refractivity contribution in [2.75, 3.05) is 27.4 Å².